The average Bonchev–Trinajstić information content (AvgIpc) is 2.92. The molecule has 100 valence electrons. The fourth-order valence-electron chi connectivity index (χ4n) is 1.93. The van der Waals surface area contributed by atoms with E-state index < -0.39 is 0 Å². The van der Waals surface area contributed by atoms with Crippen molar-refractivity contribution in [3.8, 4) is 0 Å². The smallest absolute Gasteiger partial charge is 0.251 e. The fourth-order valence-corrected chi connectivity index (χ4v) is 2.63. The van der Waals surface area contributed by atoms with Gasteiger partial charge < -0.3 is 5.32 Å². The first-order valence-electron chi connectivity index (χ1n) is 6.42. The Morgan fingerprint density at radius 3 is 2.63 bits per heavy atom. The Balaban J connectivity index is 2.10. The molecule has 2 aromatic rings. The average molecular weight is 274 g/mol. The summed E-state index contributed by atoms with van der Waals surface area (Å²) < 4.78 is 0. The van der Waals surface area contributed by atoms with Gasteiger partial charge in [-0.3, -0.25) is 4.79 Å². The molecule has 1 amide bonds. The molecule has 0 aliphatic carbocycles. The lowest BCUT2D eigenvalue weighted by molar-refractivity contribution is 0.0932. The number of nitrogens with zero attached hydrogens (tertiary/aromatic N) is 1. The lowest BCUT2D eigenvalue weighted by atomic mass is 10.0. The maximum absolute atomic E-state index is 12.2. The quantitative estimate of drug-likeness (QED) is 0.904. The van der Waals surface area contributed by atoms with Crippen LogP contribution in [0.1, 0.15) is 41.7 Å². The van der Waals surface area contributed by atoms with E-state index in [0.717, 1.165) is 11.4 Å². The predicted octanol–water partition coefficient (Wildman–Crippen LogP) is 3.66. The van der Waals surface area contributed by atoms with Gasteiger partial charge in [0.15, 0.2) is 0 Å². The molecule has 1 unspecified atom stereocenters. The van der Waals surface area contributed by atoms with Crippen molar-refractivity contribution in [1.29, 1.82) is 0 Å². The number of rotatable bonds is 5. The molecule has 1 atom stereocenters. The van der Waals surface area contributed by atoms with Gasteiger partial charge in [-0.25, -0.2) is 4.98 Å². The Hall–Kier alpha value is -1.68. The van der Waals surface area contributed by atoms with Crippen LogP contribution in [0.3, 0.4) is 0 Å². The van der Waals surface area contributed by atoms with Crippen LogP contribution in [0.2, 0.25) is 0 Å². The standard InChI is InChI=1S/C15H18N2OS/c1-11(2)10-13(15-16-8-9-19-15)17-14(18)12-6-4-3-5-7-12/h3-9,11,13H,10H2,1-2H3,(H,17,18). The summed E-state index contributed by atoms with van der Waals surface area (Å²) in [6, 6.07) is 9.29. The lowest BCUT2D eigenvalue weighted by Crippen LogP contribution is -2.29. The Kier molecular flexibility index (Phi) is 4.68. The highest BCUT2D eigenvalue weighted by molar-refractivity contribution is 7.09. The molecule has 0 fully saturated rings. The number of amides is 1. The van der Waals surface area contributed by atoms with Crippen molar-refractivity contribution in [2.45, 2.75) is 26.3 Å². The molecule has 1 N–H and O–H groups in total. The number of hydrogen-bond acceptors (Lipinski definition) is 3. The molecule has 19 heavy (non-hydrogen) atoms. The van der Waals surface area contributed by atoms with Crippen LogP contribution in [0.25, 0.3) is 0 Å². The third kappa shape index (κ3) is 3.89. The molecule has 0 bridgehead atoms. The normalized spacial score (nSPS) is 12.4. The summed E-state index contributed by atoms with van der Waals surface area (Å²) in [7, 11) is 0. The zero-order valence-corrected chi connectivity index (χ0v) is 12.0. The maximum Gasteiger partial charge on any atom is 0.251 e. The van der Waals surface area contributed by atoms with E-state index in [4.69, 9.17) is 0 Å². The molecule has 1 aromatic carbocycles. The van der Waals surface area contributed by atoms with Crippen molar-refractivity contribution >= 4 is 17.2 Å². The Bertz CT molecular complexity index is 508. The third-order valence-electron chi connectivity index (χ3n) is 2.80. The van der Waals surface area contributed by atoms with Crippen LogP contribution in [0.5, 0.6) is 0 Å². The second-order valence-corrected chi connectivity index (χ2v) is 5.82. The summed E-state index contributed by atoms with van der Waals surface area (Å²) in [6.07, 6.45) is 2.67. The zero-order chi connectivity index (χ0) is 13.7. The van der Waals surface area contributed by atoms with E-state index in [9.17, 15) is 4.79 Å². The summed E-state index contributed by atoms with van der Waals surface area (Å²) in [5.41, 5.74) is 0.688. The molecule has 4 heteroatoms. The number of carbonyl (C=O) groups is 1. The van der Waals surface area contributed by atoms with Crippen LogP contribution in [-0.2, 0) is 0 Å². The van der Waals surface area contributed by atoms with Gasteiger partial charge >= 0.3 is 0 Å². The SMILES string of the molecule is CC(C)CC(NC(=O)c1ccccc1)c1nccs1. The summed E-state index contributed by atoms with van der Waals surface area (Å²) >= 11 is 1.58. The first-order valence-corrected chi connectivity index (χ1v) is 7.30. The maximum atomic E-state index is 12.2. The van der Waals surface area contributed by atoms with E-state index in [1.165, 1.54) is 0 Å². The van der Waals surface area contributed by atoms with Crippen molar-refractivity contribution in [3.63, 3.8) is 0 Å². The van der Waals surface area contributed by atoms with Gasteiger partial charge in [0.1, 0.15) is 5.01 Å². The van der Waals surface area contributed by atoms with Crippen LogP contribution in [0, 0.1) is 5.92 Å². The molecular weight excluding hydrogens is 256 g/mol. The van der Waals surface area contributed by atoms with Gasteiger partial charge in [0.05, 0.1) is 6.04 Å². The van der Waals surface area contributed by atoms with E-state index in [2.05, 4.69) is 24.1 Å². The molecule has 0 aliphatic rings. The van der Waals surface area contributed by atoms with Gasteiger partial charge in [0.25, 0.3) is 5.91 Å². The van der Waals surface area contributed by atoms with Gasteiger partial charge in [-0.2, -0.15) is 0 Å². The molecule has 2 rings (SSSR count). The molecule has 0 saturated carbocycles. The molecule has 0 aliphatic heterocycles. The number of hydrogen-bond donors (Lipinski definition) is 1. The van der Waals surface area contributed by atoms with E-state index in [0.29, 0.717) is 11.5 Å². The Morgan fingerprint density at radius 2 is 2.05 bits per heavy atom. The van der Waals surface area contributed by atoms with E-state index in [1.807, 2.05) is 35.7 Å². The van der Waals surface area contributed by atoms with E-state index >= 15 is 0 Å². The monoisotopic (exact) mass is 274 g/mol. The van der Waals surface area contributed by atoms with Gasteiger partial charge in [-0.15, -0.1) is 11.3 Å². The Labute approximate surface area is 117 Å². The topological polar surface area (TPSA) is 42.0 Å². The second kappa shape index (κ2) is 6.48. The summed E-state index contributed by atoms with van der Waals surface area (Å²) in [5, 5.41) is 5.99. The van der Waals surface area contributed by atoms with E-state index in [1.54, 1.807) is 17.5 Å². The first kappa shape index (κ1) is 13.7. The summed E-state index contributed by atoms with van der Waals surface area (Å²) in [5.74, 6) is 0.464. The van der Waals surface area contributed by atoms with Gasteiger partial charge in [0.2, 0.25) is 0 Å². The van der Waals surface area contributed by atoms with Crippen LogP contribution in [0.15, 0.2) is 41.9 Å². The van der Waals surface area contributed by atoms with Crippen molar-refractivity contribution in [2.24, 2.45) is 5.92 Å². The Morgan fingerprint density at radius 1 is 1.32 bits per heavy atom. The molecule has 1 heterocycles. The van der Waals surface area contributed by atoms with Crippen molar-refractivity contribution in [2.75, 3.05) is 0 Å². The largest absolute Gasteiger partial charge is 0.343 e. The van der Waals surface area contributed by atoms with Crippen LogP contribution >= 0.6 is 11.3 Å². The second-order valence-electron chi connectivity index (χ2n) is 4.89. The lowest BCUT2D eigenvalue weighted by Gasteiger charge is -2.18. The number of thiazole rings is 1. The highest BCUT2D eigenvalue weighted by atomic mass is 32.1. The number of carbonyl (C=O) groups excluding carboxylic acids is 1. The first-order chi connectivity index (χ1) is 9.16. The number of nitrogens with one attached hydrogen (secondary N) is 1. The zero-order valence-electron chi connectivity index (χ0n) is 11.2. The van der Waals surface area contributed by atoms with Crippen molar-refractivity contribution in [3.05, 3.63) is 52.5 Å². The predicted molar refractivity (Wildman–Crippen MR) is 78.2 cm³/mol. The van der Waals surface area contributed by atoms with Gasteiger partial charge in [-0.05, 0) is 24.5 Å². The molecular formula is C15H18N2OS. The van der Waals surface area contributed by atoms with E-state index in [-0.39, 0.29) is 11.9 Å². The fraction of sp³-hybridized carbons (Fsp3) is 0.333. The molecule has 3 nitrogen and oxygen atoms in total. The van der Waals surface area contributed by atoms with Crippen molar-refractivity contribution in [1.82, 2.24) is 10.3 Å². The third-order valence-corrected chi connectivity index (χ3v) is 3.69. The minimum Gasteiger partial charge on any atom is -0.343 e. The summed E-state index contributed by atoms with van der Waals surface area (Å²) in [6.45, 7) is 4.30. The molecule has 1 aromatic heterocycles. The van der Waals surface area contributed by atoms with Gasteiger partial charge in [-0.1, -0.05) is 32.0 Å². The van der Waals surface area contributed by atoms with Gasteiger partial charge in [0, 0.05) is 17.1 Å². The summed E-state index contributed by atoms with van der Waals surface area (Å²) in [4.78, 5) is 16.5. The molecule has 0 spiro atoms. The van der Waals surface area contributed by atoms with Crippen LogP contribution in [0.4, 0.5) is 0 Å². The molecule has 0 radical (unpaired) electrons. The number of aromatic nitrogens is 1. The van der Waals surface area contributed by atoms with Crippen LogP contribution in [-0.4, -0.2) is 10.9 Å². The number of benzene rings is 1. The highest BCUT2D eigenvalue weighted by Gasteiger charge is 2.18. The van der Waals surface area contributed by atoms with Crippen LogP contribution < -0.4 is 5.32 Å². The minimum atomic E-state index is -0.0403. The highest BCUT2D eigenvalue weighted by Crippen LogP contribution is 2.23. The molecule has 0 saturated heterocycles. The minimum absolute atomic E-state index is 0.00675. The van der Waals surface area contributed by atoms with Crippen molar-refractivity contribution < 1.29 is 4.79 Å².